The van der Waals surface area contributed by atoms with Gasteiger partial charge in [-0.15, -0.1) is 0 Å². The third-order valence-corrected chi connectivity index (χ3v) is 4.68. The van der Waals surface area contributed by atoms with Gasteiger partial charge in [0, 0.05) is 4.91 Å². The van der Waals surface area contributed by atoms with E-state index in [9.17, 15) is 14.3 Å². The first-order valence-corrected chi connectivity index (χ1v) is 9.22. The van der Waals surface area contributed by atoms with Gasteiger partial charge >= 0.3 is 6.09 Å². The number of alkyl halides is 1. The monoisotopic (exact) mass is 428 g/mol. The van der Waals surface area contributed by atoms with Crippen LogP contribution in [0.1, 0.15) is 11.8 Å². The Kier molecular flexibility index (Phi) is 5.89. The normalized spacial score (nSPS) is 22.8. The highest BCUT2D eigenvalue weighted by Crippen LogP contribution is 2.34. The molecule has 4 atom stereocenters. The van der Waals surface area contributed by atoms with Crippen molar-refractivity contribution in [3.63, 3.8) is 0 Å². The van der Waals surface area contributed by atoms with Crippen LogP contribution < -0.4 is 5.32 Å². The van der Waals surface area contributed by atoms with Crippen LogP contribution in [-0.2, 0) is 16.1 Å². The third kappa shape index (κ3) is 4.23. The fraction of sp³-hybridized carbons (Fsp3) is 0.333. The summed E-state index contributed by atoms with van der Waals surface area (Å²) in [5, 5.41) is 15.8. The van der Waals surface area contributed by atoms with Gasteiger partial charge < -0.3 is 14.6 Å². The maximum atomic E-state index is 14.6. The molecule has 1 aliphatic heterocycles. The molecule has 1 aromatic carbocycles. The Morgan fingerprint density at radius 2 is 2.16 bits per heavy atom. The van der Waals surface area contributed by atoms with E-state index in [0.717, 1.165) is 5.56 Å². The Morgan fingerprint density at radius 1 is 1.35 bits per heavy atom. The van der Waals surface area contributed by atoms with Gasteiger partial charge in [-0.2, -0.15) is 0 Å². The highest BCUT2D eigenvalue weighted by Gasteiger charge is 2.45. The van der Waals surface area contributed by atoms with Crippen LogP contribution in [-0.4, -0.2) is 55.6 Å². The number of aliphatic hydroxyl groups is 1. The van der Waals surface area contributed by atoms with E-state index < -0.39 is 30.7 Å². The molecular formula is C18H17FN8O4. The summed E-state index contributed by atoms with van der Waals surface area (Å²) >= 11 is 0. The summed E-state index contributed by atoms with van der Waals surface area (Å²) in [6.45, 7) is -0.157. The van der Waals surface area contributed by atoms with Crippen molar-refractivity contribution in [1.29, 1.82) is 0 Å². The molecule has 0 saturated carbocycles. The number of amides is 1. The van der Waals surface area contributed by atoms with Crippen molar-refractivity contribution in [2.24, 2.45) is 5.11 Å². The van der Waals surface area contributed by atoms with Crippen molar-refractivity contribution < 1.29 is 23.8 Å². The minimum absolute atomic E-state index is 0.0687. The highest BCUT2D eigenvalue weighted by atomic mass is 19.1. The first-order chi connectivity index (χ1) is 15.1. The Labute approximate surface area is 174 Å². The molecule has 0 radical (unpaired) electrons. The van der Waals surface area contributed by atoms with Crippen molar-refractivity contribution in [2.45, 2.75) is 31.2 Å². The number of hydrogen-bond donors (Lipinski definition) is 2. The zero-order valence-electron chi connectivity index (χ0n) is 15.9. The van der Waals surface area contributed by atoms with Crippen molar-refractivity contribution in [3.8, 4) is 0 Å². The second-order valence-electron chi connectivity index (χ2n) is 6.65. The lowest BCUT2D eigenvalue weighted by Crippen LogP contribution is -2.30. The van der Waals surface area contributed by atoms with Crippen molar-refractivity contribution in [3.05, 3.63) is 59.0 Å². The molecule has 1 aliphatic rings. The molecule has 0 unspecified atom stereocenters. The van der Waals surface area contributed by atoms with Gasteiger partial charge in [0.05, 0.1) is 19.0 Å². The molecule has 12 nitrogen and oxygen atoms in total. The molecule has 1 amide bonds. The SMILES string of the molecule is [N-]=[N+]=NC[C@H]1O[C@@H](n2cnc3c(NC(=O)OCc4ccccc4)ncnc32)[C@H](F)[C@@H]1O. The molecule has 3 heterocycles. The molecule has 0 aliphatic carbocycles. The number of carbonyl (C=O) groups excluding carboxylic acids is 1. The Bertz CT molecular complexity index is 1120. The number of carbonyl (C=O) groups is 1. The summed E-state index contributed by atoms with van der Waals surface area (Å²) in [5.74, 6) is 0.0707. The molecule has 31 heavy (non-hydrogen) atoms. The third-order valence-electron chi connectivity index (χ3n) is 4.68. The number of hydrogen-bond acceptors (Lipinski definition) is 8. The van der Waals surface area contributed by atoms with Gasteiger partial charge in [-0.05, 0) is 11.1 Å². The predicted molar refractivity (Wildman–Crippen MR) is 104 cm³/mol. The molecule has 3 aromatic rings. The van der Waals surface area contributed by atoms with Gasteiger partial charge in [-0.1, -0.05) is 35.4 Å². The summed E-state index contributed by atoms with van der Waals surface area (Å²) in [6.07, 6.45) is -3.86. The molecule has 1 fully saturated rings. The average molecular weight is 428 g/mol. The van der Waals surface area contributed by atoms with Crippen LogP contribution in [0.3, 0.4) is 0 Å². The first-order valence-electron chi connectivity index (χ1n) is 9.22. The van der Waals surface area contributed by atoms with Gasteiger partial charge in [0.25, 0.3) is 0 Å². The van der Waals surface area contributed by atoms with Crippen molar-refractivity contribution in [1.82, 2.24) is 19.5 Å². The summed E-state index contributed by atoms with van der Waals surface area (Å²) in [7, 11) is 0. The van der Waals surface area contributed by atoms with Crippen LogP contribution in [0, 0.1) is 0 Å². The van der Waals surface area contributed by atoms with Crippen LogP contribution in [0.5, 0.6) is 0 Å². The van der Waals surface area contributed by atoms with E-state index in [4.69, 9.17) is 15.0 Å². The number of imidazole rings is 1. The van der Waals surface area contributed by atoms with E-state index in [1.165, 1.54) is 17.2 Å². The molecule has 4 rings (SSSR count). The summed E-state index contributed by atoms with van der Waals surface area (Å²) < 4.78 is 26.6. The van der Waals surface area contributed by atoms with Gasteiger partial charge in [0.15, 0.2) is 29.4 Å². The first kappa shape index (κ1) is 20.5. The number of nitrogens with zero attached hydrogens (tertiary/aromatic N) is 7. The van der Waals surface area contributed by atoms with E-state index in [1.54, 1.807) is 0 Å². The van der Waals surface area contributed by atoms with Gasteiger partial charge in [-0.3, -0.25) is 9.88 Å². The molecule has 0 bridgehead atoms. The maximum absolute atomic E-state index is 14.6. The zero-order valence-corrected chi connectivity index (χ0v) is 15.9. The van der Waals surface area contributed by atoms with Gasteiger partial charge in [0.1, 0.15) is 19.0 Å². The number of anilines is 1. The van der Waals surface area contributed by atoms with Crippen LogP contribution in [0.4, 0.5) is 15.0 Å². The summed E-state index contributed by atoms with van der Waals surface area (Å²) in [4.78, 5) is 26.9. The van der Waals surface area contributed by atoms with Crippen LogP contribution in [0.2, 0.25) is 0 Å². The molecule has 2 N–H and O–H groups in total. The van der Waals surface area contributed by atoms with Gasteiger partial charge in [0.2, 0.25) is 0 Å². The number of aliphatic hydroxyl groups excluding tert-OH is 1. The zero-order chi connectivity index (χ0) is 21.8. The molecule has 160 valence electrons. The largest absolute Gasteiger partial charge is 0.444 e. The molecule has 2 aromatic heterocycles. The number of nitrogens with one attached hydrogen (secondary N) is 1. The standard InChI is InChI=1S/C18H17FN8O4/c19-12-14(28)11(6-24-26-20)31-17(12)27-9-23-13-15(21-8-22-16(13)27)25-18(29)30-7-10-4-2-1-3-5-10/h1-5,8-9,11-12,14,17,28H,6-7H2,(H,21,22,25,29)/t11-,12-,14-,17-/m1/s1. The fourth-order valence-electron chi connectivity index (χ4n) is 3.18. The van der Waals surface area contributed by atoms with Crippen LogP contribution >= 0.6 is 0 Å². The number of aromatic nitrogens is 4. The van der Waals surface area contributed by atoms with Crippen LogP contribution in [0.15, 0.2) is 48.1 Å². The smallest absolute Gasteiger partial charge is 0.413 e. The topological polar surface area (TPSA) is 160 Å². The molecule has 1 saturated heterocycles. The number of azide groups is 1. The number of rotatable bonds is 6. The van der Waals surface area contributed by atoms with Crippen molar-refractivity contribution in [2.75, 3.05) is 11.9 Å². The predicted octanol–water partition coefficient (Wildman–Crippen LogP) is 2.48. The summed E-state index contributed by atoms with van der Waals surface area (Å²) in [5.41, 5.74) is 9.60. The quantitative estimate of drug-likeness (QED) is 0.346. The minimum atomic E-state index is -1.81. The number of ether oxygens (including phenoxy) is 2. The minimum Gasteiger partial charge on any atom is -0.444 e. The lowest BCUT2D eigenvalue weighted by Gasteiger charge is -2.15. The Hall–Kier alpha value is -3.80. The Morgan fingerprint density at radius 3 is 2.94 bits per heavy atom. The second-order valence-corrected chi connectivity index (χ2v) is 6.65. The number of benzene rings is 1. The van der Waals surface area contributed by atoms with E-state index in [0.29, 0.717) is 0 Å². The molecular weight excluding hydrogens is 411 g/mol. The number of fused-ring (bicyclic) bond motifs is 1. The lowest BCUT2D eigenvalue weighted by atomic mass is 10.1. The van der Waals surface area contributed by atoms with E-state index in [-0.39, 0.29) is 30.1 Å². The molecule has 0 spiro atoms. The lowest BCUT2D eigenvalue weighted by molar-refractivity contribution is -0.0179. The highest BCUT2D eigenvalue weighted by molar-refractivity contribution is 5.93. The van der Waals surface area contributed by atoms with Gasteiger partial charge in [-0.25, -0.2) is 24.1 Å². The average Bonchev–Trinajstić information content (AvgIpc) is 3.34. The van der Waals surface area contributed by atoms with Crippen molar-refractivity contribution >= 4 is 23.1 Å². The maximum Gasteiger partial charge on any atom is 0.413 e. The Balaban J connectivity index is 1.50. The molecule has 13 heteroatoms. The van der Waals surface area contributed by atoms with E-state index >= 15 is 0 Å². The van der Waals surface area contributed by atoms with E-state index in [2.05, 4.69) is 30.3 Å². The fourth-order valence-corrected chi connectivity index (χ4v) is 3.18. The van der Waals surface area contributed by atoms with E-state index in [1.807, 2.05) is 30.3 Å². The summed E-state index contributed by atoms with van der Waals surface area (Å²) in [6, 6.07) is 9.14. The second kappa shape index (κ2) is 8.92. The number of halogens is 1. The van der Waals surface area contributed by atoms with Crippen LogP contribution in [0.25, 0.3) is 21.6 Å².